The van der Waals surface area contributed by atoms with Crippen molar-refractivity contribution in [3.63, 3.8) is 0 Å². The van der Waals surface area contributed by atoms with Crippen molar-refractivity contribution in [2.24, 2.45) is 0 Å². The molecule has 7 nitrogen and oxygen atoms in total. The Hall–Kier alpha value is -2.41. The van der Waals surface area contributed by atoms with E-state index >= 15 is 0 Å². The minimum atomic E-state index is -0.00370. The molecule has 0 aliphatic carbocycles. The molecule has 1 aliphatic rings. The van der Waals surface area contributed by atoms with Crippen molar-refractivity contribution in [2.45, 2.75) is 26.0 Å². The minimum Gasteiger partial charge on any atom is -0.484 e. The van der Waals surface area contributed by atoms with Gasteiger partial charge >= 0.3 is 0 Å². The van der Waals surface area contributed by atoms with Gasteiger partial charge in [0, 0.05) is 19.7 Å². The second-order valence-corrected chi connectivity index (χ2v) is 5.71. The number of amides is 1. The van der Waals surface area contributed by atoms with Crippen molar-refractivity contribution in [1.29, 1.82) is 0 Å². The SMILES string of the molecule is CCOCc1cn(C2CCN(C(=O)COc3ccccc3)C2)nn1. The zero-order valence-electron chi connectivity index (χ0n) is 13.8. The van der Waals surface area contributed by atoms with Gasteiger partial charge in [0.25, 0.3) is 5.91 Å². The highest BCUT2D eigenvalue weighted by Gasteiger charge is 2.28. The van der Waals surface area contributed by atoms with Gasteiger partial charge in [-0.1, -0.05) is 23.4 Å². The first-order valence-electron chi connectivity index (χ1n) is 8.20. The van der Waals surface area contributed by atoms with Gasteiger partial charge in [0.05, 0.1) is 18.8 Å². The standard InChI is InChI=1S/C17H22N4O3/c1-2-23-12-14-10-21(19-18-14)15-8-9-20(11-15)17(22)13-24-16-6-4-3-5-7-16/h3-7,10,15H,2,8-9,11-13H2,1H3. The van der Waals surface area contributed by atoms with Crippen LogP contribution >= 0.6 is 0 Å². The number of nitrogens with zero attached hydrogens (tertiary/aromatic N) is 4. The Bertz CT molecular complexity index is 659. The molecule has 24 heavy (non-hydrogen) atoms. The first-order valence-corrected chi connectivity index (χ1v) is 8.20. The van der Waals surface area contributed by atoms with Crippen molar-refractivity contribution in [3.8, 4) is 5.75 Å². The van der Waals surface area contributed by atoms with E-state index < -0.39 is 0 Å². The molecule has 1 saturated heterocycles. The molecular formula is C17H22N4O3. The Morgan fingerprint density at radius 3 is 2.96 bits per heavy atom. The summed E-state index contributed by atoms with van der Waals surface area (Å²) in [7, 11) is 0. The number of ether oxygens (including phenoxy) is 2. The molecule has 1 atom stereocenters. The summed E-state index contributed by atoms with van der Waals surface area (Å²) < 4.78 is 12.7. The molecule has 1 amide bonds. The lowest BCUT2D eigenvalue weighted by molar-refractivity contribution is -0.132. The highest BCUT2D eigenvalue weighted by Crippen LogP contribution is 2.21. The molecule has 1 aliphatic heterocycles. The molecule has 2 heterocycles. The largest absolute Gasteiger partial charge is 0.484 e. The Morgan fingerprint density at radius 2 is 2.17 bits per heavy atom. The van der Waals surface area contributed by atoms with Crippen LogP contribution in [0.3, 0.4) is 0 Å². The smallest absolute Gasteiger partial charge is 0.260 e. The summed E-state index contributed by atoms with van der Waals surface area (Å²) in [5.41, 5.74) is 0.814. The van der Waals surface area contributed by atoms with Crippen molar-refractivity contribution in [2.75, 3.05) is 26.3 Å². The van der Waals surface area contributed by atoms with Crippen LogP contribution in [0.15, 0.2) is 36.5 Å². The summed E-state index contributed by atoms with van der Waals surface area (Å²) in [6, 6.07) is 9.53. The van der Waals surface area contributed by atoms with Crippen LogP contribution in [0.2, 0.25) is 0 Å². The predicted molar refractivity (Wildman–Crippen MR) is 87.5 cm³/mol. The molecule has 128 valence electrons. The first-order chi connectivity index (χ1) is 11.8. The van der Waals surface area contributed by atoms with Gasteiger partial charge in [-0.15, -0.1) is 5.10 Å². The van der Waals surface area contributed by atoms with Crippen molar-refractivity contribution in [3.05, 3.63) is 42.2 Å². The average Bonchev–Trinajstić information content (AvgIpc) is 3.28. The number of carbonyl (C=O) groups excluding carboxylic acids is 1. The van der Waals surface area contributed by atoms with Crippen molar-refractivity contribution < 1.29 is 14.3 Å². The quantitative estimate of drug-likeness (QED) is 0.772. The van der Waals surface area contributed by atoms with E-state index in [1.807, 2.05) is 53.0 Å². The fourth-order valence-electron chi connectivity index (χ4n) is 2.70. The van der Waals surface area contributed by atoms with Crippen LogP contribution in [0.1, 0.15) is 25.1 Å². The Labute approximate surface area is 141 Å². The zero-order chi connectivity index (χ0) is 16.8. The van der Waals surface area contributed by atoms with Crippen LogP contribution < -0.4 is 4.74 Å². The molecule has 0 spiro atoms. The number of carbonyl (C=O) groups is 1. The maximum absolute atomic E-state index is 12.3. The molecule has 0 N–H and O–H groups in total. The third kappa shape index (κ3) is 4.11. The van der Waals surface area contributed by atoms with E-state index in [0.717, 1.165) is 12.1 Å². The van der Waals surface area contributed by atoms with Gasteiger partial charge in [0.1, 0.15) is 11.4 Å². The number of para-hydroxylation sites is 1. The normalized spacial score (nSPS) is 17.2. The van der Waals surface area contributed by atoms with E-state index in [4.69, 9.17) is 9.47 Å². The summed E-state index contributed by atoms with van der Waals surface area (Å²) in [5, 5.41) is 8.26. The van der Waals surface area contributed by atoms with Crippen LogP contribution in [0.25, 0.3) is 0 Å². The van der Waals surface area contributed by atoms with Crippen LogP contribution in [-0.2, 0) is 16.1 Å². The molecule has 1 aromatic heterocycles. The van der Waals surface area contributed by atoms with Crippen LogP contribution in [0.4, 0.5) is 0 Å². The van der Waals surface area contributed by atoms with Gasteiger partial charge in [-0.2, -0.15) is 0 Å². The minimum absolute atomic E-state index is 0.00370. The molecule has 2 aromatic rings. The van der Waals surface area contributed by atoms with Gasteiger partial charge in [-0.3, -0.25) is 4.79 Å². The van der Waals surface area contributed by atoms with Crippen LogP contribution in [0, 0.1) is 0 Å². The lowest BCUT2D eigenvalue weighted by Crippen LogP contribution is -2.33. The monoisotopic (exact) mass is 330 g/mol. The average molecular weight is 330 g/mol. The van der Waals surface area contributed by atoms with Crippen molar-refractivity contribution >= 4 is 5.91 Å². The molecule has 3 rings (SSSR count). The summed E-state index contributed by atoms with van der Waals surface area (Å²) in [5.74, 6) is 0.703. The van der Waals surface area contributed by atoms with Gasteiger partial charge in [0.2, 0.25) is 0 Å². The fourth-order valence-corrected chi connectivity index (χ4v) is 2.70. The molecule has 1 aromatic carbocycles. The number of hydrogen-bond acceptors (Lipinski definition) is 5. The number of hydrogen-bond donors (Lipinski definition) is 0. The van der Waals surface area contributed by atoms with Gasteiger partial charge in [0.15, 0.2) is 6.61 Å². The van der Waals surface area contributed by atoms with Crippen molar-refractivity contribution in [1.82, 2.24) is 19.9 Å². The van der Waals surface area contributed by atoms with E-state index in [-0.39, 0.29) is 18.6 Å². The van der Waals surface area contributed by atoms with E-state index in [2.05, 4.69) is 10.3 Å². The number of benzene rings is 1. The molecule has 0 bridgehead atoms. The summed E-state index contributed by atoms with van der Waals surface area (Å²) in [6.07, 6.45) is 2.77. The highest BCUT2D eigenvalue weighted by atomic mass is 16.5. The molecule has 0 saturated carbocycles. The highest BCUT2D eigenvalue weighted by molar-refractivity contribution is 5.78. The van der Waals surface area contributed by atoms with E-state index in [1.54, 1.807) is 0 Å². The molecule has 7 heteroatoms. The van der Waals surface area contributed by atoms with E-state index in [1.165, 1.54) is 0 Å². The number of likely N-dealkylation sites (tertiary alicyclic amines) is 1. The second kappa shape index (κ2) is 7.92. The van der Waals surface area contributed by atoms with Crippen LogP contribution in [-0.4, -0.2) is 52.1 Å². The Morgan fingerprint density at radius 1 is 1.33 bits per heavy atom. The second-order valence-electron chi connectivity index (χ2n) is 5.71. The predicted octanol–water partition coefficient (Wildman–Crippen LogP) is 1.67. The summed E-state index contributed by atoms with van der Waals surface area (Å²) >= 11 is 0. The lowest BCUT2D eigenvalue weighted by atomic mass is 10.3. The number of aromatic nitrogens is 3. The summed E-state index contributed by atoms with van der Waals surface area (Å²) in [4.78, 5) is 14.1. The van der Waals surface area contributed by atoms with E-state index in [9.17, 15) is 4.79 Å². The molecule has 0 radical (unpaired) electrons. The van der Waals surface area contributed by atoms with Gasteiger partial charge in [-0.05, 0) is 25.5 Å². The zero-order valence-corrected chi connectivity index (χ0v) is 13.8. The van der Waals surface area contributed by atoms with Crippen LogP contribution in [0.5, 0.6) is 5.75 Å². The number of rotatable bonds is 7. The fraction of sp³-hybridized carbons (Fsp3) is 0.471. The molecule has 1 fully saturated rings. The third-order valence-electron chi connectivity index (χ3n) is 4.01. The molecule has 1 unspecified atom stereocenters. The maximum atomic E-state index is 12.3. The van der Waals surface area contributed by atoms with Gasteiger partial charge in [-0.25, -0.2) is 4.68 Å². The third-order valence-corrected chi connectivity index (χ3v) is 4.01. The summed E-state index contributed by atoms with van der Waals surface area (Å²) in [6.45, 7) is 4.47. The maximum Gasteiger partial charge on any atom is 0.260 e. The van der Waals surface area contributed by atoms with Gasteiger partial charge < -0.3 is 14.4 Å². The topological polar surface area (TPSA) is 69.5 Å². The Kier molecular flexibility index (Phi) is 5.43. The first kappa shape index (κ1) is 16.4. The lowest BCUT2D eigenvalue weighted by Gasteiger charge is -2.16. The Balaban J connectivity index is 1.49. The molecular weight excluding hydrogens is 308 g/mol. The van der Waals surface area contributed by atoms with E-state index in [0.29, 0.717) is 32.1 Å².